The van der Waals surface area contributed by atoms with Crippen LogP contribution in [-0.4, -0.2) is 51.8 Å². The first-order valence-electron chi connectivity index (χ1n) is 10.2. The molecule has 1 aliphatic carbocycles. The number of ether oxygens (including phenoxy) is 1. The monoisotopic (exact) mass is 403 g/mol. The Bertz CT molecular complexity index is 859. The second-order valence-electron chi connectivity index (χ2n) is 8.05. The number of nitrogens with one attached hydrogen (secondary N) is 1. The number of carbonyl (C=O) groups excluding carboxylic acids is 4. The van der Waals surface area contributed by atoms with E-state index in [1.54, 1.807) is 6.07 Å². The van der Waals surface area contributed by atoms with Crippen molar-refractivity contribution < 1.29 is 23.9 Å². The van der Waals surface area contributed by atoms with Crippen LogP contribution in [0.25, 0.3) is 0 Å². The third-order valence-electron chi connectivity index (χ3n) is 6.34. The second kappa shape index (κ2) is 8.00. The number of carbonyl (C=O) groups is 4. The van der Waals surface area contributed by atoms with Gasteiger partial charge < -0.3 is 14.6 Å². The Morgan fingerprint density at radius 2 is 2.00 bits per heavy atom. The molecule has 29 heavy (non-hydrogen) atoms. The molecular weight excluding hydrogens is 374 g/mol. The van der Waals surface area contributed by atoms with E-state index in [2.05, 4.69) is 5.32 Å². The molecule has 1 aliphatic heterocycles. The zero-order valence-corrected chi connectivity index (χ0v) is 17.5. The molecule has 2 aliphatic rings. The first kappa shape index (κ1) is 21.1. The molecule has 0 radical (unpaired) electrons. The molecule has 1 saturated carbocycles. The van der Waals surface area contributed by atoms with E-state index >= 15 is 0 Å². The number of esters is 1. The molecule has 1 N–H and O–H groups in total. The topological polar surface area (TPSA) is 97.7 Å². The molecule has 0 bridgehead atoms. The fraction of sp³-hybridized carbons (Fsp3) is 0.619. The quantitative estimate of drug-likeness (QED) is 0.447. The van der Waals surface area contributed by atoms with Crippen LogP contribution in [0, 0.1) is 19.8 Å². The maximum atomic E-state index is 12.9. The molecule has 158 valence electrons. The second-order valence-corrected chi connectivity index (χ2v) is 8.05. The Labute approximate surface area is 170 Å². The molecule has 8 nitrogen and oxygen atoms in total. The van der Waals surface area contributed by atoms with Crippen LogP contribution in [0.2, 0.25) is 0 Å². The molecule has 0 aromatic carbocycles. The molecule has 3 rings (SSSR count). The van der Waals surface area contributed by atoms with Gasteiger partial charge in [-0.25, -0.2) is 4.79 Å². The summed E-state index contributed by atoms with van der Waals surface area (Å²) in [4.78, 5) is 50.8. The number of rotatable bonds is 6. The molecule has 8 heteroatoms. The summed E-state index contributed by atoms with van der Waals surface area (Å²) in [6.45, 7) is 7.55. The average molecular weight is 403 g/mol. The molecule has 1 saturated heterocycles. The van der Waals surface area contributed by atoms with Crippen LogP contribution in [0.4, 0.5) is 4.79 Å². The van der Waals surface area contributed by atoms with E-state index in [0.717, 1.165) is 42.1 Å². The summed E-state index contributed by atoms with van der Waals surface area (Å²) < 4.78 is 7.09. The zero-order chi connectivity index (χ0) is 21.3. The van der Waals surface area contributed by atoms with Crippen LogP contribution < -0.4 is 5.32 Å². The minimum absolute atomic E-state index is 0.0177. The summed E-state index contributed by atoms with van der Waals surface area (Å²) in [6, 6.07) is 1.21. The molecule has 2 heterocycles. The molecule has 2 unspecified atom stereocenters. The maximum absolute atomic E-state index is 12.9. The van der Waals surface area contributed by atoms with Crippen molar-refractivity contribution in [3.05, 3.63) is 23.0 Å². The largest absolute Gasteiger partial charge is 0.456 e. The first-order chi connectivity index (χ1) is 13.7. The highest BCUT2D eigenvalue weighted by molar-refractivity contribution is 6.09. The van der Waals surface area contributed by atoms with E-state index in [0.29, 0.717) is 12.0 Å². The first-order valence-corrected chi connectivity index (χ1v) is 10.2. The van der Waals surface area contributed by atoms with E-state index < -0.39 is 30.7 Å². The Morgan fingerprint density at radius 3 is 2.62 bits per heavy atom. The van der Waals surface area contributed by atoms with Gasteiger partial charge in [0.2, 0.25) is 5.78 Å². The fourth-order valence-corrected chi connectivity index (χ4v) is 4.61. The highest BCUT2D eigenvalue weighted by Crippen LogP contribution is 2.38. The van der Waals surface area contributed by atoms with Gasteiger partial charge >= 0.3 is 12.0 Å². The van der Waals surface area contributed by atoms with E-state index in [9.17, 15) is 19.2 Å². The number of aromatic nitrogens is 1. The van der Waals surface area contributed by atoms with Gasteiger partial charge in [0.1, 0.15) is 12.1 Å². The lowest BCUT2D eigenvalue weighted by molar-refractivity contribution is -0.147. The number of hydrogen-bond acceptors (Lipinski definition) is 5. The predicted molar refractivity (Wildman–Crippen MR) is 105 cm³/mol. The number of amides is 3. The minimum Gasteiger partial charge on any atom is -0.456 e. The Kier molecular flexibility index (Phi) is 5.82. The van der Waals surface area contributed by atoms with Crippen LogP contribution in [-0.2, 0) is 20.9 Å². The third kappa shape index (κ3) is 3.68. The van der Waals surface area contributed by atoms with E-state index in [1.165, 1.54) is 0 Å². The SMILES string of the molecule is CCn1c(C)cc(C(=O)COC(=O)CN2C(=O)NC3(CCCCC3C)C2=O)c1C. The van der Waals surface area contributed by atoms with Gasteiger partial charge in [-0.3, -0.25) is 19.3 Å². The van der Waals surface area contributed by atoms with E-state index in [-0.39, 0.29) is 17.6 Å². The number of ketones is 1. The zero-order valence-electron chi connectivity index (χ0n) is 17.5. The minimum atomic E-state index is -0.914. The molecule has 1 aromatic rings. The van der Waals surface area contributed by atoms with E-state index in [1.807, 2.05) is 32.3 Å². The normalized spacial score (nSPS) is 24.1. The molecule has 1 spiro atoms. The fourth-order valence-electron chi connectivity index (χ4n) is 4.61. The number of aryl methyl sites for hydroxylation is 1. The maximum Gasteiger partial charge on any atom is 0.326 e. The summed E-state index contributed by atoms with van der Waals surface area (Å²) in [5.41, 5.74) is 1.39. The molecule has 2 atom stereocenters. The van der Waals surface area contributed by atoms with Gasteiger partial charge in [-0.15, -0.1) is 0 Å². The standard InChI is InChI=1S/C21H29N3O5/c1-5-23-14(3)10-16(15(23)4)17(25)12-29-18(26)11-24-19(27)21(22-20(24)28)9-7-6-8-13(21)2/h10,13H,5-9,11-12H2,1-4H3,(H,22,28). The molecule has 2 fully saturated rings. The van der Waals surface area contributed by atoms with Gasteiger partial charge in [-0.1, -0.05) is 19.8 Å². The number of Topliss-reactive ketones (excluding diaryl/α,β-unsaturated/α-hetero) is 1. The van der Waals surface area contributed by atoms with Crippen LogP contribution in [0.3, 0.4) is 0 Å². The van der Waals surface area contributed by atoms with Crippen molar-refractivity contribution in [2.45, 2.75) is 65.5 Å². The summed E-state index contributed by atoms with van der Waals surface area (Å²) in [6.07, 6.45) is 3.32. The van der Waals surface area contributed by atoms with Crippen molar-refractivity contribution >= 4 is 23.7 Å². The molecule has 3 amide bonds. The van der Waals surface area contributed by atoms with Crippen molar-refractivity contribution in [1.82, 2.24) is 14.8 Å². The van der Waals surface area contributed by atoms with Crippen LogP contribution in [0.1, 0.15) is 61.3 Å². The third-order valence-corrected chi connectivity index (χ3v) is 6.34. The van der Waals surface area contributed by atoms with Gasteiger partial charge in [0.15, 0.2) is 6.61 Å². The van der Waals surface area contributed by atoms with Crippen molar-refractivity contribution in [3.63, 3.8) is 0 Å². The van der Waals surface area contributed by atoms with Crippen molar-refractivity contribution in [2.75, 3.05) is 13.2 Å². The lowest BCUT2D eigenvalue weighted by Gasteiger charge is -2.36. The number of hydrogen-bond donors (Lipinski definition) is 1. The van der Waals surface area contributed by atoms with E-state index in [4.69, 9.17) is 4.74 Å². The van der Waals surface area contributed by atoms with Crippen molar-refractivity contribution in [3.8, 4) is 0 Å². The highest BCUT2D eigenvalue weighted by atomic mass is 16.5. The van der Waals surface area contributed by atoms with Crippen molar-refractivity contribution in [2.24, 2.45) is 5.92 Å². The van der Waals surface area contributed by atoms with Gasteiger partial charge in [0.25, 0.3) is 5.91 Å². The summed E-state index contributed by atoms with van der Waals surface area (Å²) >= 11 is 0. The van der Waals surface area contributed by atoms with Crippen LogP contribution >= 0.6 is 0 Å². The number of imide groups is 1. The smallest absolute Gasteiger partial charge is 0.326 e. The highest BCUT2D eigenvalue weighted by Gasteiger charge is 2.55. The summed E-state index contributed by atoms with van der Waals surface area (Å²) in [5.74, 6) is -1.43. The Morgan fingerprint density at radius 1 is 1.28 bits per heavy atom. The average Bonchev–Trinajstić information content (AvgIpc) is 3.10. The van der Waals surface area contributed by atoms with Gasteiger partial charge in [0.05, 0.1) is 0 Å². The van der Waals surface area contributed by atoms with Gasteiger partial charge in [-0.05, 0) is 45.6 Å². The Balaban J connectivity index is 1.60. The van der Waals surface area contributed by atoms with Crippen LogP contribution in [0.5, 0.6) is 0 Å². The number of nitrogens with zero attached hydrogens (tertiary/aromatic N) is 2. The van der Waals surface area contributed by atoms with Gasteiger partial charge in [-0.2, -0.15) is 0 Å². The summed E-state index contributed by atoms with van der Waals surface area (Å²) in [5, 5.41) is 2.80. The molecular formula is C21H29N3O5. The van der Waals surface area contributed by atoms with Crippen molar-refractivity contribution in [1.29, 1.82) is 0 Å². The summed E-state index contributed by atoms with van der Waals surface area (Å²) in [7, 11) is 0. The predicted octanol–water partition coefficient (Wildman–Crippen LogP) is 2.35. The van der Waals surface area contributed by atoms with Gasteiger partial charge in [0, 0.05) is 23.5 Å². The lowest BCUT2D eigenvalue weighted by Crippen LogP contribution is -2.54. The Hall–Kier alpha value is -2.64. The van der Waals surface area contributed by atoms with Crippen LogP contribution in [0.15, 0.2) is 6.07 Å². The molecule has 1 aromatic heterocycles. The number of urea groups is 1. The lowest BCUT2D eigenvalue weighted by atomic mass is 9.73.